The first-order valence-corrected chi connectivity index (χ1v) is 6.40. The van der Waals surface area contributed by atoms with Crippen molar-refractivity contribution in [1.29, 1.82) is 0 Å². The van der Waals surface area contributed by atoms with Crippen molar-refractivity contribution in [3.8, 4) is 5.75 Å². The molecule has 1 atom stereocenters. The maximum absolute atomic E-state index is 13.0. The van der Waals surface area contributed by atoms with E-state index in [1.165, 1.54) is 6.07 Å². The Morgan fingerprint density at radius 1 is 1.26 bits per heavy atom. The molecule has 2 rings (SSSR count). The lowest BCUT2D eigenvalue weighted by Crippen LogP contribution is -2.18. The fourth-order valence-electron chi connectivity index (χ4n) is 1.83. The molecule has 0 saturated heterocycles. The molecule has 2 nitrogen and oxygen atoms in total. The van der Waals surface area contributed by atoms with Crippen molar-refractivity contribution in [2.24, 2.45) is 0 Å². The van der Waals surface area contributed by atoms with E-state index in [0.717, 1.165) is 11.1 Å². The average molecular weight is 280 g/mol. The zero-order chi connectivity index (χ0) is 13.8. The number of nitrogens with one attached hydrogen (secondary N) is 1. The lowest BCUT2D eigenvalue weighted by Gasteiger charge is -2.14. The van der Waals surface area contributed by atoms with Gasteiger partial charge in [-0.3, -0.25) is 0 Å². The zero-order valence-corrected chi connectivity index (χ0v) is 11.3. The molecule has 100 valence electrons. The highest BCUT2D eigenvalue weighted by Gasteiger charge is 2.06. The topological polar surface area (TPSA) is 32.3 Å². The quantitative estimate of drug-likeness (QED) is 0.885. The van der Waals surface area contributed by atoms with Gasteiger partial charge in [-0.15, -0.1) is 0 Å². The minimum Gasteiger partial charge on any atom is -0.508 e. The van der Waals surface area contributed by atoms with Crippen molar-refractivity contribution >= 4 is 11.6 Å². The Bertz CT molecular complexity index is 574. The number of hydrogen-bond donors (Lipinski definition) is 2. The lowest BCUT2D eigenvalue weighted by atomic mass is 10.1. The summed E-state index contributed by atoms with van der Waals surface area (Å²) in [5.74, 6) is -0.164. The molecule has 0 aromatic heterocycles. The van der Waals surface area contributed by atoms with Crippen molar-refractivity contribution < 1.29 is 9.50 Å². The van der Waals surface area contributed by atoms with E-state index in [-0.39, 0.29) is 16.8 Å². The SMILES string of the molecule is CC(NCc1ccc(F)c(Cl)c1)c1cccc(O)c1. The Morgan fingerprint density at radius 3 is 2.74 bits per heavy atom. The highest BCUT2D eigenvalue weighted by molar-refractivity contribution is 6.30. The molecule has 0 saturated carbocycles. The smallest absolute Gasteiger partial charge is 0.141 e. The van der Waals surface area contributed by atoms with Crippen LogP contribution in [0.4, 0.5) is 4.39 Å². The summed E-state index contributed by atoms with van der Waals surface area (Å²) < 4.78 is 13.0. The third-order valence-electron chi connectivity index (χ3n) is 2.97. The van der Waals surface area contributed by atoms with E-state index in [0.29, 0.717) is 6.54 Å². The van der Waals surface area contributed by atoms with Crippen LogP contribution >= 0.6 is 11.6 Å². The van der Waals surface area contributed by atoms with Crippen LogP contribution in [0.2, 0.25) is 5.02 Å². The summed E-state index contributed by atoms with van der Waals surface area (Å²) in [6, 6.07) is 11.8. The minimum absolute atomic E-state index is 0.0796. The van der Waals surface area contributed by atoms with E-state index in [4.69, 9.17) is 11.6 Å². The van der Waals surface area contributed by atoms with Crippen LogP contribution in [0.5, 0.6) is 5.75 Å². The first kappa shape index (κ1) is 13.8. The molecule has 19 heavy (non-hydrogen) atoms. The molecule has 0 spiro atoms. The summed E-state index contributed by atoms with van der Waals surface area (Å²) in [5.41, 5.74) is 1.91. The van der Waals surface area contributed by atoms with Gasteiger partial charge in [-0.2, -0.15) is 0 Å². The Morgan fingerprint density at radius 2 is 2.05 bits per heavy atom. The van der Waals surface area contributed by atoms with Gasteiger partial charge in [0.15, 0.2) is 0 Å². The second kappa shape index (κ2) is 6.04. The average Bonchev–Trinajstić information content (AvgIpc) is 2.40. The van der Waals surface area contributed by atoms with E-state index in [9.17, 15) is 9.50 Å². The summed E-state index contributed by atoms with van der Waals surface area (Å²) in [7, 11) is 0. The molecule has 0 aliphatic carbocycles. The molecule has 2 N–H and O–H groups in total. The molecule has 4 heteroatoms. The normalized spacial score (nSPS) is 12.4. The van der Waals surface area contributed by atoms with Gasteiger partial charge in [0.2, 0.25) is 0 Å². The van der Waals surface area contributed by atoms with Crippen molar-refractivity contribution in [3.63, 3.8) is 0 Å². The second-order valence-corrected chi connectivity index (χ2v) is 4.85. The van der Waals surface area contributed by atoms with Crippen molar-refractivity contribution in [1.82, 2.24) is 5.32 Å². The molecular weight excluding hydrogens is 265 g/mol. The van der Waals surface area contributed by atoms with Gasteiger partial charge in [-0.1, -0.05) is 29.8 Å². The number of phenols is 1. The standard InChI is InChI=1S/C15H15ClFNO/c1-10(12-3-2-4-13(19)8-12)18-9-11-5-6-15(17)14(16)7-11/h2-8,10,18-19H,9H2,1H3. The Balaban J connectivity index is 2.00. The van der Waals surface area contributed by atoms with Gasteiger partial charge in [-0.05, 0) is 42.3 Å². The molecule has 0 radical (unpaired) electrons. The highest BCUT2D eigenvalue weighted by atomic mass is 35.5. The van der Waals surface area contributed by atoms with Gasteiger partial charge in [-0.25, -0.2) is 4.39 Å². The molecule has 0 bridgehead atoms. The molecule has 1 unspecified atom stereocenters. The van der Waals surface area contributed by atoms with Crippen LogP contribution in [-0.4, -0.2) is 5.11 Å². The van der Waals surface area contributed by atoms with Crippen LogP contribution in [0.3, 0.4) is 0 Å². The molecule has 0 amide bonds. The van der Waals surface area contributed by atoms with Crippen molar-refractivity contribution in [2.45, 2.75) is 19.5 Å². The lowest BCUT2D eigenvalue weighted by molar-refractivity contribution is 0.472. The van der Waals surface area contributed by atoms with E-state index < -0.39 is 5.82 Å². The second-order valence-electron chi connectivity index (χ2n) is 4.45. The van der Waals surface area contributed by atoms with Crippen LogP contribution in [-0.2, 0) is 6.54 Å². The Hall–Kier alpha value is -1.58. The molecule has 0 heterocycles. The third-order valence-corrected chi connectivity index (χ3v) is 3.26. The van der Waals surface area contributed by atoms with Crippen molar-refractivity contribution in [2.75, 3.05) is 0 Å². The molecule has 2 aromatic carbocycles. The van der Waals surface area contributed by atoms with Gasteiger partial charge < -0.3 is 10.4 Å². The van der Waals surface area contributed by atoms with Gasteiger partial charge in [0.05, 0.1) is 5.02 Å². The summed E-state index contributed by atoms with van der Waals surface area (Å²) in [4.78, 5) is 0. The van der Waals surface area contributed by atoms with Gasteiger partial charge >= 0.3 is 0 Å². The minimum atomic E-state index is -0.411. The van der Waals surface area contributed by atoms with Crippen LogP contribution in [0.1, 0.15) is 24.1 Å². The maximum atomic E-state index is 13.0. The van der Waals surface area contributed by atoms with Crippen molar-refractivity contribution in [3.05, 3.63) is 64.4 Å². The molecule has 0 fully saturated rings. The molecule has 0 aliphatic heterocycles. The first-order chi connectivity index (χ1) is 9.06. The highest BCUT2D eigenvalue weighted by Crippen LogP contribution is 2.19. The molecular formula is C15H15ClFNO. The fraction of sp³-hybridized carbons (Fsp3) is 0.200. The largest absolute Gasteiger partial charge is 0.508 e. The first-order valence-electron chi connectivity index (χ1n) is 6.02. The summed E-state index contributed by atoms with van der Waals surface area (Å²) in [5, 5.41) is 12.9. The fourth-order valence-corrected chi connectivity index (χ4v) is 2.04. The van der Waals surface area contributed by atoms with Gasteiger partial charge in [0.25, 0.3) is 0 Å². The zero-order valence-electron chi connectivity index (χ0n) is 10.5. The van der Waals surface area contributed by atoms with E-state index >= 15 is 0 Å². The molecule has 0 aliphatic rings. The summed E-state index contributed by atoms with van der Waals surface area (Å²) in [6.07, 6.45) is 0. The van der Waals surface area contributed by atoms with E-state index in [2.05, 4.69) is 5.32 Å². The van der Waals surface area contributed by atoms with Gasteiger partial charge in [0, 0.05) is 12.6 Å². The summed E-state index contributed by atoms with van der Waals surface area (Å²) >= 11 is 5.73. The number of phenolic OH excluding ortho intramolecular Hbond substituents is 1. The van der Waals surface area contributed by atoms with Crippen LogP contribution in [0.25, 0.3) is 0 Å². The Kier molecular flexibility index (Phi) is 4.40. The Labute approximate surface area is 116 Å². The predicted molar refractivity (Wildman–Crippen MR) is 74.8 cm³/mol. The number of aromatic hydroxyl groups is 1. The van der Waals surface area contributed by atoms with Crippen LogP contribution in [0.15, 0.2) is 42.5 Å². The predicted octanol–water partition coefficient (Wildman–Crippen LogP) is 4.04. The number of hydrogen-bond acceptors (Lipinski definition) is 2. The maximum Gasteiger partial charge on any atom is 0.141 e. The third kappa shape index (κ3) is 3.69. The number of benzene rings is 2. The van der Waals surface area contributed by atoms with Crippen LogP contribution < -0.4 is 5.32 Å². The molecule has 2 aromatic rings. The van der Waals surface area contributed by atoms with E-state index in [1.54, 1.807) is 30.3 Å². The number of halogens is 2. The monoisotopic (exact) mass is 279 g/mol. The number of rotatable bonds is 4. The van der Waals surface area contributed by atoms with Crippen LogP contribution in [0, 0.1) is 5.82 Å². The van der Waals surface area contributed by atoms with Gasteiger partial charge in [0.1, 0.15) is 11.6 Å². The summed E-state index contributed by atoms with van der Waals surface area (Å²) in [6.45, 7) is 2.58. The van der Waals surface area contributed by atoms with E-state index in [1.807, 2.05) is 13.0 Å².